The van der Waals surface area contributed by atoms with E-state index in [1.54, 1.807) is 22.7 Å². The first-order valence-corrected chi connectivity index (χ1v) is 7.58. The number of nitrogens with zero attached hydrogens (tertiary/aromatic N) is 1. The van der Waals surface area contributed by atoms with Crippen molar-refractivity contribution < 1.29 is 0 Å². The van der Waals surface area contributed by atoms with Gasteiger partial charge in [-0.3, -0.25) is 0 Å². The predicted molar refractivity (Wildman–Crippen MR) is 72.2 cm³/mol. The molecule has 0 aromatic carbocycles. The Balaban J connectivity index is 2.13. The zero-order valence-corrected chi connectivity index (χ0v) is 11.8. The van der Waals surface area contributed by atoms with E-state index in [1.165, 1.54) is 9.88 Å². The van der Waals surface area contributed by atoms with Gasteiger partial charge in [0.25, 0.3) is 0 Å². The van der Waals surface area contributed by atoms with Crippen molar-refractivity contribution in [2.45, 2.75) is 12.8 Å². The van der Waals surface area contributed by atoms with Crippen molar-refractivity contribution >= 4 is 50.2 Å². The summed E-state index contributed by atoms with van der Waals surface area (Å²) in [4.78, 5) is 5.80. The van der Waals surface area contributed by atoms with Crippen molar-refractivity contribution in [1.82, 2.24) is 4.98 Å². The Morgan fingerprint density at radius 2 is 2.27 bits per heavy atom. The van der Waals surface area contributed by atoms with Gasteiger partial charge in [-0.15, -0.1) is 34.3 Å². The quantitative estimate of drug-likeness (QED) is 0.736. The van der Waals surface area contributed by atoms with Crippen molar-refractivity contribution in [2.24, 2.45) is 0 Å². The standard InChI is InChI=1S/C10H9BrClNS2/c11-9-4-3-8(15-9)7-6-14-10(13-7)2-1-5-12/h3-4,6H,1-2,5H2. The second-order valence-corrected chi connectivity index (χ2v) is 6.81. The number of aryl methyl sites for hydroxylation is 1. The third kappa shape index (κ3) is 3.03. The predicted octanol–water partition coefficient (Wildman–Crippen LogP) is 4.81. The average Bonchev–Trinajstić information content (AvgIpc) is 2.83. The Labute approximate surface area is 110 Å². The van der Waals surface area contributed by atoms with E-state index in [1.807, 2.05) is 0 Å². The molecule has 15 heavy (non-hydrogen) atoms. The highest BCUT2D eigenvalue weighted by molar-refractivity contribution is 9.11. The highest BCUT2D eigenvalue weighted by Gasteiger charge is 2.06. The van der Waals surface area contributed by atoms with Crippen LogP contribution in [0, 0.1) is 0 Å². The molecule has 2 rings (SSSR count). The molecule has 0 aliphatic carbocycles. The van der Waals surface area contributed by atoms with Crippen LogP contribution in [0.3, 0.4) is 0 Å². The summed E-state index contributed by atoms with van der Waals surface area (Å²) in [5, 5.41) is 3.29. The molecule has 0 radical (unpaired) electrons. The zero-order valence-electron chi connectivity index (χ0n) is 7.87. The minimum atomic E-state index is 0.708. The van der Waals surface area contributed by atoms with Crippen LogP contribution in [-0.4, -0.2) is 10.9 Å². The molecule has 2 aromatic heterocycles. The summed E-state index contributed by atoms with van der Waals surface area (Å²) in [6, 6.07) is 4.15. The van der Waals surface area contributed by atoms with Crippen LogP contribution in [0.5, 0.6) is 0 Å². The van der Waals surface area contributed by atoms with Gasteiger partial charge in [0.15, 0.2) is 0 Å². The summed E-state index contributed by atoms with van der Waals surface area (Å²) in [5.41, 5.74) is 1.08. The van der Waals surface area contributed by atoms with Crippen molar-refractivity contribution in [1.29, 1.82) is 0 Å². The van der Waals surface area contributed by atoms with E-state index in [0.717, 1.165) is 22.3 Å². The van der Waals surface area contributed by atoms with Crippen LogP contribution in [0.2, 0.25) is 0 Å². The first-order valence-electron chi connectivity index (χ1n) is 4.55. The fourth-order valence-electron chi connectivity index (χ4n) is 1.21. The van der Waals surface area contributed by atoms with E-state index in [0.29, 0.717) is 5.88 Å². The molecule has 0 N–H and O–H groups in total. The number of hydrogen-bond donors (Lipinski definition) is 0. The van der Waals surface area contributed by atoms with E-state index >= 15 is 0 Å². The molecule has 0 bridgehead atoms. The molecule has 0 aliphatic heterocycles. The Kier molecular flexibility index (Phi) is 4.20. The van der Waals surface area contributed by atoms with Gasteiger partial charge in [0.1, 0.15) is 0 Å². The molecule has 0 unspecified atom stereocenters. The van der Waals surface area contributed by atoms with Crippen LogP contribution in [0.4, 0.5) is 0 Å². The van der Waals surface area contributed by atoms with Gasteiger partial charge < -0.3 is 0 Å². The van der Waals surface area contributed by atoms with Crippen LogP contribution in [0.15, 0.2) is 21.3 Å². The third-order valence-corrected chi connectivity index (χ3v) is 4.72. The van der Waals surface area contributed by atoms with Crippen LogP contribution < -0.4 is 0 Å². The van der Waals surface area contributed by atoms with Gasteiger partial charge in [0.05, 0.1) is 19.4 Å². The number of alkyl halides is 1. The lowest BCUT2D eigenvalue weighted by molar-refractivity contribution is 0.916. The molecule has 2 heterocycles. The van der Waals surface area contributed by atoms with E-state index in [9.17, 15) is 0 Å². The smallest absolute Gasteiger partial charge is 0.0933 e. The van der Waals surface area contributed by atoms with E-state index < -0.39 is 0 Å². The molecular weight excluding hydrogens is 314 g/mol. The maximum absolute atomic E-state index is 5.65. The van der Waals surface area contributed by atoms with Gasteiger partial charge in [-0.25, -0.2) is 4.98 Å². The summed E-state index contributed by atoms with van der Waals surface area (Å²) in [7, 11) is 0. The van der Waals surface area contributed by atoms with Crippen LogP contribution in [0.25, 0.3) is 10.6 Å². The molecular formula is C10H9BrClNS2. The normalized spacial score (nSPS) is 10.8. The molecule has 0 fully saturated rings. The number of rotatable bonds is 4. The highest BCUT2D eigenvalue weighted by Crippen LogP contribution is 2.31. The Hall–Kier alpha value is 0.1000. The lowest BCUT2D eigenvalue weighted by atomic mass is 10.3. The molecule has 1 nitrogen and oxygen atoms in total. The SMILES string of the molecule is ClCCCc1nc(-c2ccc(Br)s2)cs1. The van der Waals surface area contributed by atoms with Gasteiger partial charge in [-0.05, 0) is 34.5 Å². The van der Waals surface area contributed by atoms with Crippen LogP contribution in [-0.2, 0) is 6.42 Å². The Morgan fingerprint density at radius 1 is 1.40 bits per heavy atom. The first kappa shape index (κ1) is 11.6. The molecule has 0 aliphatic rings. The third-order valence-electron chi connectivity index (χ3n) is 1.90. The van der Waals surface area contributed by atoms with Gasteiger partial charge in [-0.2, -0.15) is 0 Å². The number of aromatic nitrogens is 1. The molecule has 0 saturated carbocycles. The fraction of sp³-hybridized carbons (Fsp3) is 0.300. The summed E-state index contributed by atoms with van der Waals surface area (Å²) in [6.07, 6.45) is 1.99. The maximum Gasteiger partial charge on any atom is 0.0933 e. The van der Waals surface area contributed by atoms with Gasteiger partial charge >= 0.3 is 0 Å². The number of hydrogen-bond acceptors (Lipinski definition) is 3. The van der Waals surface area contributed by atoms with E-state index in [2.05, 4.69) is 38.4 Å². The van der Waals surface area contributed by atoms with Gasteiger partial charge in [0, 0.05) is 17.7 Å². The van der Waals surface area contributed by atoms with Crippen molar-refractivity contribution in [2.75, 3.05) is 5.88 Å². The molecule has 80 valence electrons. The van der Waals surface area contributed by atoms with Gasteiger partial charge in [-0.1, -0.05) is 0 Å². The molecule has 0 atom stereocenters. The minimum absolute atomic E-state index is 0.708. The lowest BCUT2D eigenvalue weighted by Crippen LogP contribution is -1.84. The highest BCUT2D eigenvalue weighted by atomic mass is 79.9. The van der Waals surface area contributed by atoms with E-state index in [-0.39, 0.29) is 0 Å². The largest absolute Gasteiger partial charge is 0.240 e. The second-order valence-electron chi connectivity index (χ2n) is 3.02. The minimum Gasteiger partial charge on any atom is -0.240 e. The molecule has 0 amide bonds. The van der Waals surface area contributed by atoms with Crippen molar-refractivity contribution in [3.05, 3.63) is 26.3 Å². The molecule has 0 spiro atoms. The Bertz CT molecular complexity index is 438. The van der Waals surface area contributed by atoms with Crippen LogP contribution in [0.1, 0.15) is 11.4 Å². The Morgan fingerprint density at radius 3 is 2.93 bits per heavy atom. The first-order chi connectivity index (χ1) is 7.29. The summed E-state index contributed by atoms with van der Waals surface area (Å²) >= 11 is 12.5. The zero-order chi connectivity index (χ0) is 10.7. The molecule has 2 aromatic rings. The van der Waals surface area contributed by atoms with Crippen molar-refractivity contribution in [3.8, 4) is 10.6 Å². The van der Waals surface area contributed by atoms with E-state index in [4.69, 9.17) is 11.6 Å². The summed E-state index contributed by atoms with van der Waals surface area (Å²) < 4.78 is 1.15. The fourth-order valence-corrected chi connectivity index (χ4v) is 3.60. The maximum atomic E-state index is 5.65. The average molecular weight is 323 g/mol. The monoisotopic (exact) mass is 321 g/mol. The summed E-state index contributed by atoms with van der Waals surface area (Å²) in [5.74, 6) is 0.708. The number of halogens is 2. The number of thiophene rings is 1. The second kappa shape index (κ2) is 5.43. The molecule has 5 heteroatoms. The van der Waals surface area contributed by atoms with Crippen molar-refractivity contribution in [3.63, 3.8) is 0 Å². The lowest BCUT2D eigenvalue weighted by Gasteiger charge is -1.91. The topological polar surface area (TPSA) is 12.9 Å². The molecule has 0 saturated heterocycles. The van der Waals surface area contributed by atoms with Crippen LogP contribution >= 0.6 is 50.2 Å². The summed E-state index contributed by atoms with van der Waals surface area (Å²) in [6.45, 7) is 0. The van der Waals surface area contributed by atoms with Gasteiger partial charge in [0.2, 0.25) is 0 Å². The number of thiazole rings is 1.